The van der Waals surface area contributed by atoms with Crippen LogP contribution in [0.5, 0.6) is 5.75 Å². The maximum absolute atomic E-state index is 15.0. The van der Waals surface area contributed by atoms with E-state index in [1.807, 2.05) is 23.0 Å². The van der Waals surface area contributed by atoms with E-state index in [1.165, 1.54) is 0 Å². The summed E-state index contributed by atoms with van der Waals surface area (Å²) >= 11 is 0. The predicted octanol–water partition coefficient (Wildman–Crippen LogP) is 7.41. The third-order valence-corrected chi connectivity index (χ3v) is 9.41. The molecule has 2 aromatic carbocycles. The molecule has 192 valence electrons. The highest BCUT2D eigenvalue weighted by atomic mass is 28.3. The van der Waals surface area contributed by atoms with E-state index in [-0.39, 0.29) is 18.4 Å². The second-order valence-corrected chi connectivity index (χ2v) is 22.8. The first-order valence-electron chi connectivity index (χ1n) is 12.5. The lowest BCUT2D eigenvalue weighted by atomic mass is 9.97. The molecule has 0 saturated carbocycles. The van der Waals surface area contributed by atoms with E-state index in [4.69, 9.17) is 14.2 Å². The fourth-order valence-corrected chi connectivity index (χ4v) is 5.19. The molecule has 0 aliphatic rings. The summed E-state index contributed by atoms with van der Waals surface area (Å²) in [6.45, 7) is 17.9. The zero-order valence-corrected chi connectivity index (χ0v) is 24.4. The van der Waals surface area contributed by atoms with E-state index in [1.54, 1.807) is 12.1 Å². The van der Waals surface area contributed by atoms with Crippen LogP contribution < -0.4 is 4.74 Å². The Morgan fingerprint density at radius 1 is 0.914 bits per heavy atom. The van der Waals surface area contributed by atoms with Crippen LogP contribution in [0.3, 0.4) is 0 Å². The average molecular weight is 517 g/mol. The first-order valence-corrected chi connectivity index (χ1v) is 19.9. The van der Waals surface area contributed by atoms with Crippen molar-refractivity contribution in [1.82, 2.24) is 9.78 Å². The van der Waals surface area contributed by atoms with E-state index in [9.17, 15) is 4.39 Å². The molecule has 0 unspecified atom stereocenters. The highest BCUT2D eigenvalue weighted by molar-refractivity contribution is 6.76. The number of hydrogen-bond acceptors (Lipinski definition) is 4. The SMILES string of the molecule is CCc1cc(OCOCC[Si](C)(C)C)c(F)cc1-c1ccc2cnn(COCC[Si](C)(C)C)c2c1. The quantitative estimate of drug-likeness (QED) is 0.135. The van der Waals surface area contributed by atoms with Crippen molar-refractivity contribution >= 4 is 27.1 Å². The minimum atomic E-state index is -1.16. The van der Waals surface area contributed by atoms with Crippen LogP contribution in [0.2, 0.25) is 51.4 Å². The number of ether oxygens (including phenoxy) is 3. The maximum Gasteiger partial charge on any atom is 0.189 e. The number of benzene rings is 2. The number of rotatable bonds is 13. The summed E-state index contributed by atoms with van der Waals surface area (Å²) in [4.78, 5) is 0. The van der Waals surface area contributed by atoms with E-state index < -0.39 is 16.1 Å². The number of nitrogens with zero attached hydrogens (tertiary/aromatic N) is 2. The van der Waals surface area contributed by atoms with Crippen molar-refractivity contribution < 1.29 is 18.6 Å². The molecular formula is C27H41FN2O3Si2. The van der Waals surface area contributed by atoms with Gasteiger partial charge in [-0.05, 0) is 53.4 Å². The second-order valence-electron chi connectivity index (χ2n) is 11.5. The number of aromatic nitrogens is 2. The Kier molecular flexibility index (Phi) is 9.31. The first-order chi connectivity index (χ1) is 16.5. The molecule has 0 bridgehead atoms. The van der Waals surface area contributed by atoms with Gasteiger partial charge in [0.25, 0.3) is 0 Å². The largest absolute Gasteiger partial charge is 0.464 e. The predicted molar refractivity (Wildman–Crippen MR) is 148 cm³/mol. The van der Waals surface area contributed by atoms with E-state index in [0.717, 1.165) is 52.7 Å². The van der Waals surface area contributed by atoms with Gasteiger partial charge in [-0.15, -0.1) is 0 Å². The van der Waals surface area contributed by atoms with Crippen LogP contribution >= 0.6 is 0 Å². The number of aryl methyl sites for hydroxylation is 1. The molecule has 1 aromatic heterocycles. The van der Waals surface area contributed by atoms with Crippen molar-refractivity contribution in [3.63, 3.8) is 0 Å². The number of halogens is 1. The standard InChI is InChI=1S/C27H41FN2O3Si2/c1-8-21-16-27(33-20-32-12-14-35(5,6)7)25(28)17-24(21)22-9-10-23-18-29-30(26(23)15-22)19-31-11-13-34(2,3)4/h9-10,15-18H,8,11-14,19-20H2,1-7H3. The van der Waals surface area contributed by atoms with Gasteiger partial charge < -0.3 is 14.2 Å². The Balaban J connectivity index is 1.74. The van der Waals surface area contributed by atoms with Gasteiger partial charge in [0.15, 0.2) is 18.4 Å². The summed E-state index contributed by atoms with van der Waals surface area (Å²) in [5, 5.41) is 5.54. The summed E-state index contributed by atoms with van der Waals surface area (Å²) in [5.41, 5.74) is 3.83. The smallest absolute Gasteiger partial charge is 0.189 e. The topological polar surface area (TPSA) is 45.5 Å². The van der Waals surface area contributed by atoms with Crippen LogP contribution in [0.4, 0.5) is 4.39 Å². The van der Waals surface area contributed by atoms with Gasteiger partial charge in [-0.2, -0.15) is 5.10 Å². The lowest BCUT2D eigenvalue weighted by Crippen LogP contribution is -2.22. The Hall–Kier alpha value is -2.01. The van der Waals surface area contributed by atoms with Crippen molar-refractivity contribution in [2.75, 3.05) is 20.0 Å². The van der Waals surface area contributed by atoms with Crippen LogP contribution in [0.15, 0.2) is 36.5 Å². The highest BCUT2D eigenvalue weighted by Crippen LogP contribution is 2.32. The summed E-state index contributed by atoms with van der Waals surface area (Å²) < 4.78 is 34.0. The Labute approximate surface area is 211 Å². The molecule has 0 saturated heterocycles. The van der Waals surface area contributed by atoms with Crippen LogP contribution in [-0.4, -0.2) is 45.9 Å². The molecule has 0 radical (unpaired) electrons. The molecule has 35 heavy (non-hydrogen) atoms. The van der Waals surface area contributed by atoms with Gasteiger partial charge in [-0.3, -0.25) is 0 Å². The molecule has 0 aliphatic carbocycles. The maximum atomic E-state index is 15.0. The summed E-state index contributed by atoms with van der Waals surface area (Å²) in [7, 11) is -2.29. The third-order valence-electron chi connectivity index (χ3n) is 6.00. The van der Waals surface area contributed by atoms with Crippen LogP contribution in [0.1, 0.15) is 12.5 Å². The Bertz CT molecular complexity index is 1120. The summed E-state index contributed by atoms with van der Waals surface area (Å²) in [6.07, 6.45) is 2.61. The lowest BCUT2D eigenvalue weighted by Gasteiger charge is -2.16. The lowest BCUT2D eigenvalue weighted by molar-refractivity contribution is 0.0197. The van der Waals surface area contributed by atoms with Gasteiger partial charge in [0.1, 0.15) is 6.73 Å². The van der Waals surface area contributed by atoms with Crippen molar-refractivity contribution in [3.8, 4) is 16.9 Å². The van der Waals surface area contributed by atoms with Gasteiger partial charge in [0, 0.05) is 34.7 Å². The fraction of sp³-hybridized carbons (Fsp3) is 0.519. The molecule has 5 nitrogen and oxygen atoms in total. The van der Waals surface area contributed by atoms with Gasteiger partial charge in [0.05, 0.1) is 11.7 Å². The fourth-order valence-electron chi connectivity index (χ4n) is 3.68. The van der Waals surface area contributed by atoms with Gasteiger partial charge in [-0.25, -0.2) is 9.07 Å². The van der Waals surface area contributed by atoms with Gasteiger partial charge in [0.2, 0.25) is 0 Å². The van der Waals surface area contributed by atoms with Crippen LogP contribution in [-0.2, 0) is 22.6 Å². The molecule has 0 aliphatic heterocycles. The van der Waals surface area contributed by atoms with Crippen LogP contribution in [0, 0.1) is 5.82 Å². The van der Waals surface area contributed by atoms with Crippen molar-refractivity contribution in [1.29, 1.82) is 0 Å². The summed E-state index contributed by atoms with van der Waals surface area (Å²) in [5.74, 6) is -0.144. The van der Waals surface area contributed by atoms with Crippen LogP contribution in [0.25, 0.3) is 22.0 Å². The Morgan fingerprint density at radius 2 is 1.60 bits per heavy atom. The third kappa shape index (κ3) is 8.27. The number of hydrogen-bond donors (Lipinski definition) is 0. The van der Waals surface area contributed by atoms with E-state index >= 15 is 0 Å². The van der Waals surface area contributed by atoms with Gasteiger partial charge in [-0.1, -0.05) is 58.3 Å². The molecular weight excluding hydrogens is 475 g/mol. The zero-order chi connectivity index (χ0) is 25.6. The molecule has 0 fully saturated rings. The minimum absolute atomic E-state index is 0.0622. The molecule has 0 amide bonds. The first kappa shape index (κ1) is 27.6. The molecule has 3 aromatic rings. The molecule has 0 spiro atoms. The Morgan fingerprint density at radius 3 is 2.26 bits per heavy atom. The van der Waals surface area contributed by atoms with E-state index in [0.29, 0.717) is 13.3 Å². The van der Waals surface area contributed by atoms with Crippen molar-refractivity contribution in [3.05, 3.63) is 47.9 Å². The van der Waals surface area contributed by atoms with Crippen molar-refractivity contribution in [2.45, 2.75) is 71.4 Å². The molecule has 0 atom stereocenters. The molecule has 1 heterocycles. The molecule has 3 rings (SSSR count). The normalized spacial score (nSPS) is 12.5. The summed E-state index contributed by atoms with van der Waals surface area (Å²) in [6, 6.07) is 11.7. The number of fused-ring (bicyclic) bond motifs is 1. The van der Waals surface area contributed by atoms with Crippen molar-refractivity contribution in [2.24, 2.45) is 0 Å². The van der Waals surface area contributed by atoms with E-state index in [2.05, 4.69) is 57.4 Å². The molecule has 0 N–H and O–H groups in total. The highest BCUT2D eigenvalue weighted by Gasteiger charge is 2.16. The second kappa shape index (κ2) is 11.8. The minimum Gasteiger partial charge on any atom is -0.464 e. The van der Waals surface area contributed by atoms with Gasteiger partial charge >= 0.3 is 0 Å². The average Bonchev–Trinajstić information content (AvgIpc) is 3.18. The molecule has 8 heteroatoms. The zero-order valence-electron chi connectivity index (χ0n) is 22.4. The monoisotopic (exact) mass is 516 g/mol.